The fraction of sp³-hybridized carbons (Fsp3) is 0. The predicted molar refractivity (Wildman–Crippen MR) is 155 cm³/mol. The van der Waals surface area contributed by atoms with Gasteiger partial charge in [-0.15, -0.1) is 0 Å². The number of H-pyrrole nitrogens is 1. The molecule has 0 atom stereocenters. The molecule has 1 nitrogen and oxygen atoms in total. The first kappa shape index (κ1) is 20.5. The Morgan fingerprint density at radius 3 is 2.21 bits per heavy atom. The van der Waals surface area contributed by atoms with Crippen molar-refractivity contribution in [2.45, 2.75) is 0 Å². The molecule has 34 heavy (non-hydrogen) atoms. The van der Waals surface area contributed by atoms with E-state index in [1.54, 1.807) is 0 Å². The highest BCUT2D eigenvalue weighted by Crippen LogP contribution is 2.31. The number of fused-ring (bicyclic) bond motifs is 7. The molecular formula is C30H17Br2NSi. The number of benzene rings is 6. The van der Waals surface area contributed by atoms with Gasteiger partial charge < -0.3 is 4.98 Å². The zero-order chi connectivity index (χ0) is 22.8. The van der Waals surface area contributed by atoms with Gasteiger partial charge in [0.15, 0.2) is 0 Å². The minimum atomic E-state index is 0.542. The minimum Gasteiger partial charge on any atom is -0.355 e. The van der Waals surface area contributed by atoms with Crippen LogP contribution in [-0.4, -0.2) is 14.5 Å². The molecule has 0 saturated carbocycles. The van der Waals surface area contributed by atoms with Crippen LogP contribution < -0.4 is 10.4 Å². The van der Waals surface area contributed by atoms with Crippen LogP contribution in [-0.2, 0) is 0 Å². The summed E-state index contributed by atoms with van der Waals surface area (Å²) in [5.74, 6) is 0. The van der Waals surface area contributed by atoms with Gasteiger partial charge in [-0.25, -0.2) is 0 Å². The second-order valence-electron chi connectivity index (χ2n) is 8.70. The van der Waals surface area contributed by atoms with Crippen molar-refractivity contribution in [3.8, 4) is 0 Å². The molecular weight excluding hydrogens is 562 g/mol. The van der Waals surface area contributed by atoms with Crippen LogP contribution in [0.15, 0.2) is 106 Å². The van der Waals surface area contributed by atoms with Gasteiger partial charge in [0.1, 0.15) is 9.52 Å². The number of hydrogen-bond acceptors (Lipinski definition) is 0. The Balaban J connectivity index is 1.44. The summed E-state index contributed by atoms with van der Waals surface area (Å²) in [6, 6.07) is 35.5. The lowest BCUT2D eigenvalue weighted by Crippen LogP contribution is -2.28. The molecule has 0 saturated heterocycles. The van der Waals surface area contributed by atoms with Crippen LogP contribution in [0.25, 0.3) is 54.1 Å². The van der Waals surface area contributed by atoms with E-state index in [1.807, 2.05) is 0 Å². The van der Waals surface area contributed by atoms with E-state index in [2.05, 4.69) is 134 Å². The van der Waals surface area contributed by atoms with Gasteiger partial charge in [0.25, 0.3) is 0 Å². The third-order valence-electron chi connectivity index (χ3n) is 6.65. The Kier molecular flexibility index (Phi) is 4.69. The molecule has 0 bridgehead atoms. The SMILES string of the molecule is Brc1ccc2[nH]c3c([Si]c4cccc5c4ccc4cc6ccccc6cc45)cc(Br)cc3c2c1. The van der Waals surface area contributed by atoms with Crippen LogP contribution in [0.4, 0.5) is 0 Å². The summed E-state index contributed by atoms with van der Waals surface area (Å²) in [5, 5.41) is 13.0. The van der Waals surface area contributed by atoms with E-state index >= 15 is 0 Å². The van der Waals surface area contributed by atoms with Gasteiger partial charge in [-0.2, -0.15) is 0 Å². The summed E-state index contributed by atoms with van der Waals surface area (Å²) in [4.78, 5) is 3.68. The van der Waals surface area contributed by atoms with Gasteiger partial charge >= 0.3 is 0 Å². The molecule has 160 valence electrons. The maximum Gasteiger partial charge on any atom is 0.125 e. The van der Waals surface area contributed by atoms with Crippen molar-refractivity contribution >= 4 is 106 Å². The molecule has 0 spiro atoms. The number of rotatable bonds is 2. The zero-order valence-electron chi connectivity index (χ0n) is 18.0. The maximum absolute atomic E-state index is 3.77. The van der Waals surface area contributed by atoms with Crippen LogP contribution in [0.3, 0.4) is 0 Å². The molecule has 1 aromatic heterocycles. The van der Waals surface area contributed by atoms with Gasteiger partial charge in [-0.05, 0) is 80.0 Å². The molecule has 0 fully saturated rings. The summed E-state index contributed by atoms with van der Waals surface area (Å²) in [5.41, 5.74) is 2.39. The van der Waals surface area contributed by atoms with Crippen molar-refractivity contribution in [2.75, 3.05) is 0 Å². The van der Waals surface area contributed by atoms with Crippen LogP contribution in [0, 0.1) is 0 Å². The predicted octanol–water partition coefficient (Wildman–Crippen LogP) is 7.96. The monoisotopic (exact) mass is 577 g/mol. The third kappa shape index (κ3) is 3.24. The molecule has 1 heterocycles. The van der Waals surface area contributed by atoms with E-state index < -0.39 is 0 Å². The topological polar surface area (TPSA) is 15.8 Å². The van der Waals surface area contributed by atoms with Gasteiger partial charge in [-0.1, -0.05) is 91.6 Å². The van der Waals surface area contributed by atoms with Gasteiger partial charge in [0.05, 0.1) is 0 Å². The molecule has 7 rings (SSSR count). The normalized spacial score (nSPS) is 11.9. The van der Waals surface area contributed by atoms with E-state index in [0.717, 1.165) is 14.5 Å². The van der Waals surface area contributed by atoms with Gasteiger partial charge in [0, 0.05) is 30.8 Å². The van der Waals surface area contributed by atoms with Crippen molar-refractivity contribution in [1.82, 2.24) is 4.98 Å². The third-order valence-corrected chi connectivity index (χ3v) is 8.97. The molecule has 0 unspecified atom stereocenters. The molecule has 4 heteroatoms. The number of nitrogens with one attached hydrogen (secondary N) is 1. The average Bonchev–Trinajstić information content (AvgIpc) is 3.20. The molecule has 7 aromatic rings. The van der Waals surface area contributed by atoms with Crippen molar-refractivity contribution in [3.63, 3.8) is 0 Å². The fourth-order valence-electron chi connectivity index (χ4n) is 5.07. The number of aromatic nitrogens is 1. The highest BCUT2D eigenvalue weighted by molar-refractivity contribution is 9.10. The lowest BCUT2D eigenvalue weighted by molar-refractivity contribution is 1.55. The number of aromatic amines is 1. The Morgan fingerprint density at radius 2 is 1.32 bits per heavy atom. The summed E-state index contributed by atoms with van der Waals surface area (Å²) in [6.45, 7) is 0. The van der Waals surface area contributed by atoms with Crippen molar-refractivity contribution in [2.24, 2.45) is 0 Å². The van der Waals surface area contributed by atoms with E-state index in [4.69, 9.17) is 0 Å². The number of halogens is 2. The Morgan fingerprint density at radius 1 is 0.500 bits per heavy atom. The van der Waals surface area contributed by atoms with Crippen molar-refractivity contribution in [1.29, 1.82) is 0 Å². The van der Waals surface area contributed by atoms with Crippen LogP contribution in [0.2, 0.25) is 0 Å². The summed E-state index contributed by atoms with van der Waals surface area (Å²) >= 11 is 7.40. The van der Waals surface area contributed by atoms with Crippen molar-refractivity contribution < 1.29 is 0 Å². The zero-order valence-corrected chi connectivity index (χ0v) is 22.2. The Labute approximate surface area is 215 Å². The highest BCUT2D eigenvalue weighted by atomic mass is 79.9. The standard InChI is InChI=1S/C30H17Br2NSi/c31-20-9-11-27-25(14-20)26-15-21(32)16-29(30(26)33-27)34-28-7-3-6-22-23(28)10-8-19-12-17-4-1-2-5-18(17)13-24(19)22/h1-16,33H. The second kappa shape index (κ2) is 7.81. The van der Waals surface area contributed by atoms with E-state index in [-0.39, 0.29) is 0 Å². The smallest absolute Gasteiger partial charge is 0.125 e. The lowest BCUT2D eigenvalue weighted by atomic mass is 9.98. The van der Waals surface area contributed by atoms with Crippen LogP contribution in [0.1, 0.15) is 0 Å². The minimum absolute atomic E-state index is 0.542. The second-order valence-corrected chi connectivity index (χ2v) is 11.9. The Bertz CT molecular complexity index is 1920. The number of hydrogen-bond donors (Lipinski definition) is 1. The summed E-state index contributed by atoms with van der Waals surface area (Å²) in [6.07, 6.45) is 0. The fourth-order valence-corrected chi connectivity index (χ4v) is 7.47. The highest BCUT2D eigenvalue weighted by Gasteiger charge is 2.14. The summed E-state index contributed by atoms with van der Waals surface area (Å²) in [7, 11) is 0.542. The van der Waals surface area contributed by atoms with Crippen LogP contribution in [0.5, 0.6) is 0 Å². The van der Waals surface area contributed by atoms with E-state index in [9.17, 15) is 0 Å². The maximum atomic E-state index is 3.77. The quantitative estimate of drug-likeness (QED) is 0.122. The first-order valence-electron chi connectivity index (χ1n) is 11.2. The molecule has 0 aliphatic rings. The largest absolute Gasteiger partial charge is 0.355 e. The molecule has 0 amide bonds. The molecule has 1 N–H and O–H groups in total. The molecule has 0 aliphatic heterocycles. The Hall–Kier alpha value is -2.92. The first-order chi connectivity index (χ1) is 16.6. The average molecular weight is 579 g/mol. The lowest BCUT2D eigenvalue weighted by Gasteiger charge is -2.11. The summed E-state index contributed by atoms with van der Waals surface area (Å²) < 4.78 is 2.21. The van der Waals surface area contributed by atoms with E-state index in [0.29, 0.717) is 9.52 Å². The van der Waals surface area contributed by atoms with Gasteiger partial charge in [-0.3, -0.25) is 0 Å². The van der Waals surface area contributed by atoms with E-state index in [1.165, 1.54) is 59.0 Å². The molecule has 6 aromatic carbocycles. The van der Waals surface area contributed by atoms with Crippen LogP contribution >= 0.6 is 31.9 Å². The molecule has 0 aliphatic carbocycles. The first-order valence-corrected chi connectivity index (χ1v) is 13.7. The van der Waals surface area contributed by atoms with Gasteiger partial charge in [0.2, 0.25) is 0 Å². The molecule has 2 radical (unpaired) electrons. The van der Waals surface area contributed by atoms with Crippen molar-refractivity contribution in [3.05, 3.63) is 106 Å².